The molecule has 2 fully saturated rings. The number of halogens is 1. The average molecular weight is 591 g/mol. The van der Waals surface area contributed by atoms with Crippen LogP contribution in [0.1, 0.15) is 110 Å². The third-order valence-electron chi connectivity index (χ3n) is 7.17. The molecule has 2 saturated carbocycles. The van der Waals surface area contributed by atoms with Gasteiger partial charge in [-0.3, -0.25) is 9.79 Å². The molecule has 3 rings (SSSR count). The monoisotopic (exact) mass is 590 g/mol. The highest BCUT2D eigenvalue weighted by Gasteiger charge is 2.28. The van der Waals surface area contributed by atoms with Gasteiger partial charge >= 0.3 is 12.2 Å². The van der Waals surface area contributed by atoms with Crippen molar-refractivity contribution in [3.05, 3.63) is 34.9 Å². The van der Waals surface area contributed by atoms with Crippen molar-refractivity contribution in [3.63, 3.8) is 0 Å². The third-order valence-corrected chi connectivity index (χ3v) is 7.42. The van der Waals surface area contributed by atoms with Gasteiger partial charge in [0.15, 0.2) is 0 Å². The summed E-state index contributed by atoms with van der Waals surface area (Å²) in [6.45, 7) is 11.1. The molecule has 0 saturated heterocycles. The van der Waals surface area contributed by atoms with Crippen molar-refractivity contribution in [1.82, 2.24) is 16.0 Å². The van der Waals surface area contributed by atoms with Gasteiger partial charge in [-0.2, -0.15) is 0 Å². The van der Waals surface area contributed by atoms with Crippen molar-refractivity contribution in [2.24, 2.45) is 10.9 Å². The molecule has 228 valence electrons. The predicted octanol–water partition coefficient (Wildman–Crippen LogP) is 6.78. The van der Waals surface area contributed by atoms with Crippen molar-refractivity contribution >= 4 is 35.5 Å². The summed E-state index contributed by atoms with van der Waals surface area (Å²) in [6.07, 6.45) is 6.65. The van der Waals surface area contributed by atoms with Crippen LogP contribution in [-0.2, 0) is 9.47 Å². The van der Waals surface area contributed by atoms with Crippen LogP contribution in [0.4, 0.5) is 9.59 Å². The van der Waals surface area contributed by atoms with Crippen LogP contribution in [-0.4, -0.2) is 53.3 Å². The molecular formula is C31H47ClN4O5. The standard InChI is InChI=1S/C31H47ClN4O5/c1-30(2,3)40-28(38)34-24-13-7-20(8-14-24)19-26(36-27(37)21-9-11-22(32)12-10-21)33-23-15-17-25(18-16-23)35-29(39)41-31(4,5)6/h9-12,20,23-25H,7-8,13-19H2,1-6H3,(H,34,38)(H,35,39)(H,33,36,37). The number of hydrogen-bond acceptors (Lipinski definition) is 6. The average Bonchev–Trinajstić information content (AvgIpc) is 2.84. The lowest BCUT2D eigenvalue weighted by molar-refractivity contribution is 0.0478. The number of benzene rings is 1. The first kappa shape index (κ1) is 32.7. The van der Waals surface area contributed by atoms with Crippen LogP contribution < -0.4 is 16.0 Å². The van der Waals surface area contributed by atoms with E-state index >= 15 is 0 Å². The lowest BCUT2D eigenvalue weighted by atomic mass is 9.83. The Morgan fingerprint density at radius 2 is 1.24 bits per heavy atom. The SMILES string of the molecule is CC(C)(C)OC(=O)NC1CCC(CC(=NC2CCC(NC(=O)OC(C)(C)C)CC2)NC(=O)c2ccc(Cl)cc2)CC1. The molecule has 0 unspecified atom stereocenters. The molecule has 2 aliphatic rings. The summed E-state index contributed by atoms with van der Waals surface area (Å²) in [7, 11) is 0. The molecule has 41 heavy (non-hydrogen) atoms. The van der Waals surface area contributed by atoms with Crippen molar-refractivity contribution in [2.45, 2.75) is 129 Å². The molecule has 0 heterocycles. The summed E-state index contributed by atoms with van der Waals surface area (Å²) in [4.78, 5) is 42.5. The number of carbonyl (C=O) groups excluding carboxylic acids is 3. The molecule has 1 aromatic rings. The summed E-state index contributed by atoms with van der Waals surface area (Å²) in [5.41, 5.74) is -0.536. The number of hydrogen-bond donors (Lipinski definition) is 3. The number of aliphatic imine (C=N–C) groups is 1. The van der Waals surface area contributed by atoms with Crippen LogP contribution in [0.5, 0.6) is 0 Å². The van der Waals surface area contributed by atoms with Crippen LogP contribution in [0.3, 0.4) is 0 Å². The van der Waals surface area contributed by atoms with Gasteiger partial charge in [-0.25, -0.2) is 9.59 Å². The maximum absolute atomic E-state index is 13.1. The first-order valence-electron chi connectivity index (χ1n) is 14.8. The minimum atomic E-state index is -0.534. The van der Waals surface area contributed by atoms with E-state index in [1.165, 1.54) is 0 Å². The highest BCUT2D eigenvalue weighted by Crippen LogP contribution is 2.29. The zero-order valence-electron chi connectivity index (χ0n) is 25.3. The molecule has 0 spiro atoms. The van der Waals surface area contributed by atoms with Crippen LogP contribution in [0.15, 0.2) is 29.3 Å². The number of alkyl carbamates (subject to hydrolysis) is 2. The van der Waals surface area contributed by atoms with Crippen LogP contribution >= 0.6 is 11.6 Å². The second-order valence-electron chi connectivity index (χ2n) is 13.3. The Morgan fingerprint density at radius 1 is 0.780 bits per heavy atom. The molecule has 9 nitrogen and oxygen atoms in total. The van der Waals surface area contributed by atoms with E-state index in [9.17, 15) is 14.4 Å². The summed E-state index contributed by atoms with van der Waals surface area (Å²) in [5.74, 6) is 0.833. The largest absolute Gasteiger partial charge is 0.444 e. The van der Waals surface area contributed by atoms with Gasteiger partial charge in [-0.1, -0.05) is 11.6 Å². The molecule has 0 atom stereocenters. The second-order valence-corrected chi connectivity index (χ2v) is 13.7. The minimum Gasteiger partial charge on any atom is -0.444 e. The zero-order valence-corrected chi connectivity index (χ0v) is 26.1. The van der Waals surface area contributed by atoms with Crippen molar-refractivity contribution < 1.29 is 23.9 Å². The van der Waals surface area contributed by atoms with Gasteiger partial charge in [0.2, 0.25) is 0 Å². The van der Waals surface area contributed by atoms with E-state index in [0.29, 0.717) is 28.8 Å². The van der Waals surface area contributed by atoms with E-state index in [1.807, 2.05) is 41.5 Å². The number of rotatable bonds is 6. The maximum atomic E-state index is 13.1. The predicted molar refractivity (Wildman–Crippen MR) is 161 cm³/mol. The summed E-state index contributed by atoms with van der Waals surface area (Å²) in [6, 6.07) is 7.01. The van der Waals surface area contributed by atoms with Crippen molar-refractivity contribution in [1.29, 1.82) is 0 Å². The molecule has 3 amide bonds. The van der Waals surface area contributed by atoms with Gasteiger partial charge in [0, 0.05) is 29.1 Å². The Kier molecular flexibility index (Phi) is 11.5. The van der Waals surface area contributed by atoms with Crippen LogP contribution in [0.25, 0.3) is 0 Å². The molecule has 0 radical (unpaired) electrons. The van der Waals surface area contributed by atoms with Gasteiger partial charge in [-0.05, 0) is 123 Å². The minimum absolute atomic E-state index is 0.0520. The maximum Gasteiger partial charge on any atom is 0.407 e. The first-order chi connectivity index (χ1) is 19.1. The van der Waals surface area contributed by atoms with Crippen molar-refractivity contribution in [2.75, 3.05) is 0 Å². The Morgan fingerprint density at radius 3 is 1.71 bits per heavy atom. The van der Waals surface area contributed by atoms with Crippen LogP contribution in [0.2, 0.25) is 5.02 Å². The van der Waals surface area contributed by atoms with Crippen molar-refractivity contribution in [3.8, 4) is 0 Å². The fraction of sp³-hybridized carbons (Fsp3) is 0.677. The summed E-state index contributed by atoms with van der Waals surface area (Å²) < 4.78 is 10.8. The number of amides is 3. The van der Waals surface area contributed by atoms with Gasteiger partial charge < -0.3 is 25.4 Å². The number of ether oxygens (including phenoxy) is 2. The van der Waals surface area contributed by atoms with E-state index in [1.54, 1.807) is 24.3 Å². The highest BCUT2D eigenvalue weighted by molar-refractivity contribution is 6.30. The number of carbonyl (C=O) groups is 3. The van der Waals surface area contributed by atoms with Gasteiger partial charge in [0.05, 0.1) is 6.04 Å². The molecule has 10 heteroatoms. The molecule has 0 bridgehead atoms. The number of amidine groups is 1. The van der Waals surface area contributed by atoms with Gasteiger partial charge in [0.25, 0.3) is 5.91 Å². The molecular weight excluding hydrogens is 544 g/mol. The summed E-state index contributed by atoms with van der Waals surface area (Å²) >= 11 is 6.01. The fourth-order valence-corrected chi connectivity index (χ4v) is 5.37. The first-order valence-corrected chi connectivity index (χ1v) is 15.2. The second kappa shape index (κ2) is 14.4. The lowest BCUT2D eigenvalue weighted by Crippen LogP contribution is -2.42. The molecule has 3 N–H and O–H groups in total. The fourth-order valence-electron chi connectivity index (χ4n) is 5.24. The number of nitrogens with zero attached hydrogens (tertiary/aromatic N) is 1. The van der Waals surface area contributed by atoms with Crippen LogP contribution in [0, 0.1) is 5.92 Å². The highest BCUT2D eigenvalue weighted by atomic mass is 35.5. The van der Waals surface area contributed by atoms with E-state index in [2.05, 4.69) is 16.0 Å². The zero-order chi connectivity index (χ0) is 30.2. The quantitative estimate of drug-likeness (QED) is 0.249. The van der Waals surface area contributed by atoms with Gasteiger partial charge in [0.1, 0.15) is 17.0 Å². The Labute approximate surface area is 249 Å². The smallest absolute Gasteiger partial charge is 0.407 e. The van der Waals surface area contributed by atoms with E-state index in [4.69, 9.17) is 26.1 Å². The Hall–Kier alpha value is -2.81. The normalized spacial score (nSPS) is 23.7. The van der Waals surface area contributed by atoms with Gasteiger partial charge in [-0.15, -0.1) is 0 Å². The van der Waals surface area contributed by atoms with E-state index < -0.39 is 17.3 Å². The van der Waals surface area contributed by atoms with E-state index in [0.717, 1.165) is 51.4 Å². The molecule has 2 aliphatic carbocycles. The molecule has 0 aliphatic heterocycles. The topological polar surface area (TPSA) is 118 Å². The summed E-state index contributed by atoms with van der Waals surface area (Å²) in [5, 5.41) is 9.61. The Balaban J connectivity index is 1.59. The molecule has 0 aromatic heterocycles. The number of nitrogens with one attached hydrogen (secondary N) is 3. The third kappa shape index (κ3) is 12.3. The molecule has 1 aromatic carbocycles. The van der Waals surface area contributed by atoms with E-state index in [-0.39, 0.29) is 30.1 Å². The Bertz CT molecular complexity index is 1060. The lowest BCUT2D eigenvalue weighted by Gasteiger charge is -2.31.